The molecule has 0 aromatic heterocycles. The van der Waals surface area contributed by atoms with Crippen LogP contribution in [-0.4, -0.2) is 12.0 Å². The molecule has 0 unspecified atom stereocenters. The number of aromatic hydroxyl groups is 1. The van der Waals surface area contributed by atoms with Crippen LogP contribution in [0.2, 0.25) is 0 Å². The summed E-state index contributed by atoms with van der Waals surface area (Å²) in [4.78, 5) is 0. The van der Waals surface area contributed by atoms with E-state index < -0.39 is 18.4 Å². The van der Waals surface area contributed by atoms with Gasteiger partial charge in [0, 0.05) is 4.47 Å². The molecule has 66 valence electrons. The summed E-state index contributed by atoms with van der Waals surface area (Å²) >= 11 is 2.96. The molecule has 1 aromatic carbocycles. The number of hydrogen-bond donors (Lipinski definition) is 1. The van der Waals surface area contributed by atoms with E-state index in [4.69, 9.17) is 5.11 Å². The molecule has 0 amide bonds. The van der Waals surface area contributed by atoms with Crippen LogP contribution in [0, 0.1) is 5.82 Å². The first-order valence-electron chi connectivity index (χ1n) is 3.02. The summed E-state index contributed by atoms with van der Waals surface area (Å²) in [7, 11) is 0. The number of benzene rings is 1. The molecule has 0 radical (unpaired) electrons. The second-order valence-corrected chi connectivity index (χ2v) is 2.90. The second kappa shape index (κ2) is 3.71. The zero-order valence-electron chi connectivity index (χ0n) is 5.85. The fourth-order valence-electron chi connectivity index (χ4n) is 0.711. The molecular formula is C7H5BrF2O2. The number of rotatable bonds is 2. The molecule has 0 aliphatic rings. The summed E-state index contributed by atoms with van der Waals surface area (Å²) in [6.07, 6.45) is 0. The van der Waals surface area contributed by atoms with E-state index in [2.05, 4.69) is 20.7 Å². The summed E-state index contributed by atoms with van der Waals surface area (Å²) in [5, 5.41) is 8.97. The molecular weight excluding hydrogens is 234 g/mol. The molecule has 5 heteroatoms. The summed E-state index contributed by atoms with van der Waals surface area (Å²) < 4.78 is 29.0. The Morgan fingerprint density at radius 1 is 1.50 bits per heavy atom. The highest BCUT2D eigenvalue weighted by atomic mass is 79.9. The van der Waals surface area contributed by atoms with E-state index in [9.17, 15) is 8.78 Å². The van der Waals surface area contributed by atoms with Gasteiger partial charge < -0.3 is 9.84 Å². The maximum Gasteiger partial charge on any atom is 0.228 e. The number of halogens is 3. The van der Waals surface area contributed by atoms with E-state index in [0.29, 0.717) is 4.47 Å². The Bertz CT molecular complexity index is 291. The number of hydrogen-bond acceptors (Lipinski definition) is 2. The lowest BCUT2D eigenvalue weighted by molar-refractivity contribution is 0.183. The van der Waals surface area contributed by atoms with Gasteiger partial charge >= 0.3 is 0 Å². The van der Waals surface area contributed by atoms with Crippen LogP contribution in [0.15, 0.2) is 16.6 Å². The summed E-state index contributed by atoms with van der Waals surface area (Å²) in [5.74, 6) is -1.76. The number of alkyl halides is 1. The van der Waals surface area contributed by atoms with Gasteiger partial charge in [0.05, 0.1) is 0 Å². The van der Waals surface area contributed by atoms with Gasteiger partial charge in [-0.25, -0.2) is 8.78 Å². The Morgan fingerprint density at radius 2 is 2.17 bits per heavy atom. The van der Waals surface area contributed by atoms with Crippen LogP contribution in [0.25, 0.3) is 0 Å². The second-order valence-electron chi connectivity index (χ2n) is 1.99. The van der Waals surface area contributed by atoms with Crippen molar-refractivity contribution in [2.24, 2.45) is 0 Å². The van der Waals surface area contributed by atoms with Crippen molar-refractivity contribution in [2.45, 2.75) is 0 Å². The predicted octanol–water partition coefficient (Wildman–Crippen LogP) is 2.60. The van der Waals surface area contributed by atoms with Crippen LogP contribution < -0.4 is 4.74 Å². The summed E-state index contributed by atoms with van der Waals surface area (Å²) in [5.41, 5.74) is 0. The zero-order valence-corrected chi connectivity index (χ0v) is 7.44. The van der Waals surface area contributed by atoms with Gasteiger partial charge in [0.1, 0.15) is 0 Å². The van der Waals surface area contributed by atoms with Gasteiger partial charge in [0.15, 0.2) is 17.3 Å². The molecule has 12 heavy (non-hydrogen) atoms. The molecule has 2 nitrogen and oxygen atoms in total. The van der Waals surface area contributed by atoms with Crippen LogP contribution in [0.3, 0.4) is 0 Å². The van der Waals surface area contributed by atoms with Crippen molar-refractivity contribution in [1.82, 2.24) is 0 Å². The molecule has 0 aliphatic heterocycles. The standard InChI is InChI=1S/C7H5BrF2O2/c8-4-1-5(10)7(11)6(2-4)12-3-9/h1-2,11H,3H2. The predicted molar refractivity (Wildman–Crippen MR) is 42.4 cm³/mol. The molecule has 0 spiro atoms. The quantitative estimate of drug-likeness (QED) is 0.859. The molecule has 1 aromatic rings. The van der Waals surface area contributed by atoms with Gasteiger partial charge in [-0.05, 0) is 12.1 Å². The lowest BCUT2D eigenvalue weighted by Gasteiger charge is -2.04. The third kappa shape index (κ3) is 1.85. The highest BCUT2D eigenvalue weighted by Crippen LogP contribution is 2.32. The van der Waals surface area contributed by atoms with Crippen molar-refractivity contribution in [3.8, 4) is 11.5 Å². The van der Waals surface area contributed by atoms with Crippen LogP contribution in [0.4, 0.5) is 8.78 Å². The van der Waals surface area contributed by atoms with E-state index in [0.717, 1.165) is 6.07 Å². The average molecular weight is 239 g/mol. The molecule has 1 N–H and O–H groups in total. The zero-order chi connectivity index (χ0) is 9.14. The fraction of sp³-hybridized carbons (Fsp3) is 0.143. The van der Waals surface area contributed by atoms with Gasteiger partial charge in [-0.3, -0.25) is 0 Å². The van der Waals surface area contributed by atoms with Crippen molar-refractivity contribution in [3.05, 3.63) is 22.4 Å². The van der Waals surface area contributed by atoms with E-state index in [1.165, 1.54) is 6.07 Å². The first-order chi connectivity index (χ1) is 5.65. The summed E-state index contributed by atoms with van der Waals surface area (Å²) in [6, 6.07) is 2.33. The minimum Gasteiger partial charge on any atom is -0.502 e. The van der Waals surface area contributed by atoms with Crippen molar-refractivity contribution < 1.29 is 18.6 Å². The Hall–Kier alpha value is -0.840. The van der Waals surface area contributed by atoms with Crippen molar-refractivity contribution in [3.63, 3.8) is 0 Å². The lowest BCUT2D eigenvalue weighted by Crippen LogP contribution is -1.91. The van der Waals surface area contributed by atoms with Gasteiger partial charge in [-0.1, -0.05) is 15.9 Å². The largest absolute Gasteiger partial charge is 0.502 e. The molecule has 0 bridgehead atoms. The molecule has 0 saturated carbocycles. The van der Waals surface area contributed by atoms with E-state index in [-0.39, 0.29) is 5.75 Å². The minimum atomic E-state index is -1.11. The van der Waals surface area contributed by atoms with E-state index >= 15 is 0 Å². The van der Waals surface area contributed by atoms with E-state index in [1.54, 1.807) is 0 Å². The Labute approximate surface area is 75.9 Å². The van der Waals surface area contributed by atoms with Crippen molar-refractivity contribution >= 4 is 15.9 Å². The molecule has 0 fully saturated rings. The smallest absolute Gasteiger partial charge is 0.228 e. The Morgan fingerprint density at radius 3 is 2.75 bits per heavy atom. The van der Waals surface area contributed by atoms with Gasteiger partial charge in [0.2, 0.25) is 6.86 Å². The number of phenols is 1. The van der Waals surface area contributed by atoms with Crippen LogP contribution in [0.1, 0.15) is 0 Å². The first kappa shape index (κ1) is 9.25. The van der Waals surface area contributed by atoms with Crippen molar-refractivity contribution in [1.29, 1.82) is 0 Å². The highest BCUT2D eigenvalue weighted by Gasteiger charge is 2.09. The van der Waals surface area contributed by atoms with Crippen LogP contribution in [-0.2, 0) is 0 Å². The first-order valence-corrected chi connectivity index (χ1v) is 3.81. The summed E-state index contributed by atoms with van der Waals surface area (Å²) in [6.45, 7) is -1.11. The molecule has 0 atom stereocenters. The average Bonchev–Trinajstić information content (AvgIpc) is 2.00. The maximum absolute atomic E-state index is 12.7. The fourth-order valence-corrected chi connectivity index (χ4v) is 1.12. The normalized spacial score (nSPS) is 9.92. The highest BCUT2D eigenvalue weighted by molar-refractivity contribution is 9.10. The third-order valence-electron chi connectivity index (χ3n) is 1.20. The lowest BCUT2D eigenvalue weighted by atomic mass is 10.3. The molecule has 0 saturated heterocycles. The SMILES string of the molecule is Oc1c(F)cc(Br)cc1OCF. The van der Waals surface area contributed by atoms with Crippen LogP contribution >= 0.6 is 15.9 Å². The van der Waals surface area contributed by atoms with Gasteiger partial charge in [0.25, 0.3) is 0 Å². The molecule has 1 rings (SSSR count). The minimum absolute atomic E-state index is 0.218. The monoisotopic (exact) mass is 238 g/mol. The van der Waals surface area contributed by atoms with Gasteiger partial charge in [-0.2, -0.15) is 0 Å². The van der Waals surface area contributed by atoms with Gasteiger partial charge in [-0.15, -0.1) is 0 Å². The number of ether oxygens (including phenoxy) is 1. The third-order valence-corrected chi connectivity index (χ3v) is 1.66. The molecule has 0 heterocycles. The maximum atomic E-state index is 12.7. The number of phenolic OH excluding ortho intramolecular Hbond substituents is 1. The topological polar surface area (TPSA) is 29.5 Å². The Kier molecular flexibility index (Phi) is 2.86. The Balaban J connectivity index is 3.09. The molecule has 0 aliphatic carbocycles. The van der Waals surface area contributed by atoms with Crippen molar-refractivity contribution in [2.75, 3.05) is 6.86 Å². The van der Waals surface area contributed by atoms with E-state index in [1.807, 2.05) is 0 Å². The van der Waals surface area contributed by atoms with Crippen LogP contribution in [0.5, 0.6) is 11.5 Å².